The topological polar surface area (TPSA) is 44.5 Å². The van der Waals surface area contributed by atoms with Crippen molar-refractivity contribution in [3.8, 4) is 0 Å². The Bertz CT molecular complexity index is 469. The molecule has 1 heterocycles. The molecule has 3 nitrogen and oxygen atoms in total. The first-order chi connectivity index (χ1) is 8.24. The van der Waals surface area contributed by atoms with Crippen LogP contribution in [0.3, 0.4) is 0 Å². The van der Waals surface area contributed by atoms with Gasteiger partial charge in [0.1, 0.15) is 5.82 Å². The van der Waals surface area contributed by atoms with Crippen LogP contribution in [0.25, 0.3) is 0 Å². The van der Waals surface area contributed by atoms with E-state index in [2.05, 4.69) is 0 Å². The van der Waals surface area contributed by atoms with Crippen LogP contribution in [0.5, 0.6) is 0 Å². The Hall–Kier alpha value is -1.21. The quantitative estimate of drug-likeness (QED) is 0.473. The summed E-state index contributed by atoms with van der Waals surface area (Å²) in [7, 11) is -1.21. The van der Waals surface area contributed by atoms with Crippen LogP contribution < -0.4 is 11.2 Å². The lowest BCUT2D eigenvalue weighted by Crippen LogP contribution is -2.39. The van der Waals surface area contributed by atoms with Crippen LogP contribution in [0.4, 0.5) is 18.9 Å². The summed E-state index contributed by atoms with van der Waals surface area (Å²) < 4.78 is 51.0. The van der Waals surface area contributed by atoms with E-state index in [1.165, 1.54) is 0 Å². The zero-order valence-electron chi connectivity index (χ0n) is 10.3. The predicted octanol–water partition coefficient (Wildman–Crippen LogP) is 1.60. The standard InChI is InChI=1S/C11H13BF3NO2/c1-5-11(2,3)18-12(17-5)8-9(15)6(13)4-7(14)10(8)16/h4-5H,16H2,1-3H3. The summed E-state index contributed by atoms with van der Waals surface area (Å²) in [5, 5.41) is 0. The third kappa shape index (κ3) is 1.97. The van der Waals surface area contributed by atoms with Crippen molar-refractivity contribution in [3.63, 3.8) is 0 Å². The predicted molar refractivity (Wildman–Crippen MR) is 61.8 cm³/mol. The molecule has 1 saturated heterocycles. The number of halogens is 3. The number of benzene rings is 1. The molecule has 2 rings (SSSR count). The van der Waals surface area contributed by atoms with Crippen LogP contribution in [0, 0.1) is 17.5 Å². The maximum Gasteiger partial charge on any atom is 0.500 e. The smallest absolute Gasteiger partial charge is 0.402 e. The molecule has 0 aliphatic carbocycles. The lowest BCUT2D eigenvalue weighted by atomic mass is 9.77. The van der Waals surface area contributed by atoms with Crippen molar-refractivity contribution in [1.82, 2.24) is 0 Å². The Kier molecular flexibility index (Phi) is 3.07. The number of anilines is 1. The highest BCUT2D eigenvalue weighted by Gasteiger charge is 2.46. The van der Waals surface area contributed by atoms with Gasteiger partial charge in [-0.2, -0.15) is 0 Å². The van der Waals surface area contributed by atoms with Gasteiger partial charge in [-0.25, -0.2) is 13.2 Å². The molecular weight excluding hydrogens is 246 g/mol. The van der Waals surface area contributed by atoms with Gasteiger partial charge in [0.15, 0.2) is 11.6 Å². The van der Waals surface area contributed by atoms with E-state index in [1.807, 2.05) is 0 Å². The van der Waals surface area contributed by atoms with Gasteiger partial charge in [0, 0.05) is 11.5 Å². The lowest BCUT2D eigenvalue weighted by molar-refractivity contribution is 0.0842. The van der Waals surface area contributed by atoms with Crippen LogP contribution >= 0.6 is 0 Å². The minimum absolute atomic E-state index is 0.354. The lowest BCUT2D eigenvalue weighted by Gasteiger charge is -2.21. The molecular formula is C11H13BF3NO2. The molecule has 0 amide bonds. The summed E-state index contributed by atoms with van der Waals surface area (Å²) >= 11 is 0. The summed E-state index contributed by atoms with van der Waals surface area (Å²) in [5.74, 6) is -3.60. The van der Waals surface area contributed by atoms with E-state index in [1.54, 1.807) is 20.8 Å². The second-order valence-electron chi connectivity index (χ2n) is 4.81. The number of rotatable bonds is 1. The molecule has 1 fully saturated rings. The number of nitrogen functional groups attached to an aromatic ring is 1. The van der Waals surface area contributed by atoms with Crippen molar-refractivity contribution in [1.29, 1.82) is 0 Å². The van der Waals surface area contributed by atoms with Crippen LogP contribution in [-0.4, -0.2) is 18.8 Å². The van der Waals surface area contributed by atoms with Gasteiger partial charge < -0.3 is 15.0 Å². The van der Waals surface area contributed by atoms with Gasteiger partial charge in [-0.15, -0.1) is 0 Å². The summed E-state index contributed by atoms with van der Waals surface area (Å²) in [6.45, 7) is 5.20. The van der Waals surface area contributed by atoms with Gasteiger partial charge in [-0.05, 0) is 20.8 Å². The molecule has 1 aliphatic rings. The molecule has 0 bridgehead atoms. The molecule has 1 aliphatic heterocycles. The molecule has 1 atom stereocenters. The number of nitrogens with two attached hydrogens (primary N) is 1. The molecule has 1 aromatic rings. The van der Waals surface area contributed by atoms with Crippen molar-refractivity contribution in [3.05, 3.63) is 23.5 Å². The van der Waals surface area contributed by atoms with Gasteiger partial charge in [0.2, 0.25) is 0 Å². The average Bonchev–Trinajstić information content (AvgIpc) is 2.51. The molecule has 2 N–H and O–H groups in total. The van der Waals surface area contributed by atoms with E-state index in [-0.39, 0.29) is 6.10 Å². The van der Waals surface area contributed by atoms with E-state index in [0.717, 1.165) is 0 Å². The maximum atomic E-state index is 13.7. The highest BCUT2D eigenvalue weighted by atomic mass is 19.2. The Labute approximate surface area is 103 Å². The highest BCUT2D eigenvalue weighted by molar-refractivity contribution is 6.63. The molecule has 18 heavy (non-hydrogen) atoms. The van der Waals surface area contributed by atoms with Gasteiger partial charge in [0.25, 0.3) is 0 Å². The van der Waals surface area contributed by atoms with Crippen molar-refractivity contribution in [2.75, 3.05) is 5.73 Å². The fraction of sp³-hybridized carbons (Fsp3) is 0.455. The van der Waals surface area contributed by atoms with Crippen molar-refractivity contribution >= 4 is 18.3 Å². The van der Waals surface area contributed by atoms with E-state index in [0.29, 0.717) is 6.07 Å². The van der Waals surface area contributed by atoms with Gasteiger partial charge in [-0.3, -0.25) is 0 Å². The van der Waals surface area contributed by atoms with E-state index < -0.39 is 41.3 Å². The maximum absolute atomic E-state index is 13.7. The Balaban J connectivity index is 2.47. The second kappa shape index (κ2) is 4.17. The van der Waals surface area contributed by atoms with E-state index >= 15 is 0 Å². The summed E-state index contributed by atoms with van der Waals surface area (Å²) in [4.78, 5) is 0. The molecule has 98 valence electrons. The van der Waals surface area contributed by atoms with Gasteiger partial charge >= 0.3 is 7.12 Å². The molecule has 1 aromatic carbocycles. The Morgan fingerprint density at radius 2 is 1.89 bits per heavy atom. The molecule has 0 radical (unpaired) electrons. The van der Waals surface area contributed by atoms with Crippen LogP contribution in [0.15, 0.2) is 6.07 Å². The first-order valence-electron chi connectivity index (χ1n) is 5.50. The van der Waals surface area contributed by atoms with Gasteiger partial charge in [-0.1, -0.05) is 0 Å². The zero-order valence-corrected chi connectivity index (χ0v) is 10.3. The van der Waals surface area contributed by atoms with Crippen LogP contribution in [0.1, 0.15) is 20.8 Å². The normalized spacial score (nSPS) is 22.6. The fourth-order valence-electron chi connectivity index (χ4n) is 1.73. The first-order valence-corrected chi connectivity index (χ1v) is 5.50. The van der Waals surface area contributed by atoms with E-state index in [4.69, 9.17) is 15.0 Å². The zero-order chi connectivity index (χ0) is 13.7. The third-order valence-electron chi connectivity index (χ3n) is 3.20. The average molecular weight is 259 g/mol. The summed E-state index contributed by atoms with van der Waals surface area (Å²) in [6.07, 6.45) is -0.354. The molecule has 1 unspecified atom stereocenters. The number of hydrogen-bond acceptors (Lipinski definition) is 3. The SMILES string of the molecule is CC1OB(c2c(N)c(F)cc(F)c2F)OC1(C)C. The highest BCUT2D eigenvalue weighted by Crippen LogP contribution is 2.28. The van der Waals surface area contributed by atoms with Crippen LogP contribution in [0.2, 0.25) is 0 Å². The fourth-order valence-corrected chi connectivity index (χ4v) is 1.73. The van der Waals surface area contributed by atoms with Crippen LogP contribution in [-0.2, 0) is 9.31 Å². The summed E-state index contributed by atoms with van der Waals surface area (Å²) in [6, 6.07) is 0.400. The second-order valence-corrected chi connectivity index (χ2v) is 4.81. The monoisotopic (exact) mass is 259 g/mol. The third-order valence-corrected chi connectivity index (χ3v) is 3.20. The number of hydrogen-bond donors (Lipinski definition) is 1. The van der Waals surface area contributed by atoms with Crippen molar-refractivity contribution in [2.24, 2.45) is 0 Å². The molecule has 7 heteroatoms. The minimum Gasteiger partial charge on any atom is -0.402 e. The first kappa shape index (κ1) is 13.2. The van der Waals surface area contributed by atoms with Crippen molar-refractivity contribution < 1.29 is 22.5 Å². The largest absolute Gasteiger partial charge is 0.500 e. The Morgan fingerprint density at radius 1 is 1.28 bits per heavy atom. The minimum atomic E-state index is -1.32. The summed E-state index contributed by atoms with van der Waals surface area (Å²) in [5.41, 5.74) is 3.81. The van der Waals surface area contributed by atoms with E-state index in [9.17, 15) is 13.2 Å². The molecule has 0 aromatic heterocycles. The van der Waals surface area contributed by atoms with Crippen molar-refractivity contribution in [2.45, 2.75) is 32.5 Å². The van der Waals surface area contributed by atoms with Gasteiger partial charge in [0.05, 0.1) is 17.4 Å². The Morgan fingerprint density at radius 3 is 2.39 bits per heavy atom. The molecule has 0 spiro atoms. The molecule has 0 saturated carbocycles.